The minimum absolute atomic E-state index is 0.0465. The number of carbonyl (C=O) groups is 1. The Bertz CT molecular complexity index is 1190. The standard InChI is InChI=1S/C20H17BrClF2N5O3/c21-14-5-3-4-13(8-14)9-25-17(30)11-28-16(22)10-26-18(19(28)31)27-12-20(23,24)15-6-1-2-7-29(15)32/h1-8,10H,9,11-12H2,(H,25,30)(H,26,27). The average molecular weight is 529 g/mol. The molecule has 0 aliphatic rings. The van der Waals surface area contributed by atoms with Gasteiger partial charge in [-0.2, -0.15) is 13.5 Å². The summed E-state index contributed by atoms with van der Waals surface area (Å²) >= 11 is 9.32. The van der Waals surface area contributed by atoms with Crippen molar-refractivity contribution in [1.82, 2.24) is 14.9 Å². The average Bonchev–Trinajstić information content (AvgIpc) is 2.75. The van der Waals surface area contributed by atoms with Crippen molar-refractivity contribution in [2.24, 2.45) is 0 Å². The van der Waals surface area contributed by atoms with Crippen molar-refractivity contribution in [2.45, 2.75) is 19.0 Å². The molecule has 1 amide bonds. The number of nitrogens with one attached hydrogen (secondary N) is 2. The lowest BCUT2D eigenvalue weighted by Crippen LogP contribution is -2.41. The Morgan fingerprint density at radius 2 is 2.06 bits per heavy atom. The van der Waals surface area contributed by atoms with Crippen molar-refractivity contribution >= 4 is 39.3 Å². The highest BCUT2D eigenvalue weighted by Gasteiger charge is 2.39. The minimum Gasteiger partial charge on any atom is -0.618 e. The number of benzene rings is 1. The summed E-state index contributed by atoms with van der Waals surface area (Å²) in [5.41, 5.74) is -0.801. The van der Waals surface area contributed by atoms with E-state index in [1.54, 1.807) is 0 Å². The highest BCUT2D eigenvalue weighted by atomic mass is 79.9. The third-order valence-corrected chi connectivity index (χ3v) is 5.16. The number of carbonyl (C=O) groups excluding carboxylic acids is 1. The molecule has 0 saturated carbocycles. The second-order valence-corrected chi connectivity index (χ2v) is 8.00. The van der Waals surface area contributed by atoms with Gasteiger partial charge in [0.05, 0.1) is 12.7 Å². The first-order valence-corrected chi connectivity index (χ1v) is 10.4. The summed E-state index contributed by atoms with van der Waals surface area (Å²) in [6.07, 6.45) is 2.02. The van der Waals surface area contributed by atoms with E-state index in [9.17, 15) is 23.6 Å². The first kappa shape index (κ1) is 23.6. The van der Waals surface area contributed by atoms with E-state index in [1.165, 1.54) is 12.1 Å². The quantitative estimate of drug-likeness (QED) is 0.346. The van der Waals surface area contributed by atoms with Crippen LogP contribution in [-0.2, 0) is 23.8 Å². The van der Waals surface area contributed by atoms with Gasteiger partial charge in [0.1, 0.15) is 11.7 Å². The lowest BCUT2D eigenvalue weighted by Gasteiger charge is -2.17. The first-order valence-electron chi connectivity index (χ1n) is 9.24. The smallest absolute Gasteiger partial charge is 0.347 e. The van der Waals surface area contributed by atoms with Crippen molar-refractivity contribution in [1.29, 1.82) is 0 Å². The number of aromatic nitrogens is 3. The second kappa shape index (κ2) is 10.0. The van der Waals surface area contributed by atoms with Gasteiger partial charge in [-0.15, -0.1) is 0 Å². The Labute approximate surface area is 194 Å². The van der Waals surface area contributed by atoms with Crippen LogP contribution >= 0.6 is 27.5 Å². The molecule has 3 aromatic rings. The van der Waals surface area contributed by atoms with Gasteiger partial charge in [0.25, 0.3) is 11.3 Å². The minimum atomic E-state index is -3.58. The van der Waals surface area contributed by atoms with Crippen molar-refractivity contribution in [2.75, 3.05) is 11.9 Å². The molecule has 2 heterocycles. The number of nitrogens with zero attached hydrogens (tertiary/aromatic N) is 3. The predicted octanol–water partition coefficient (Wildman–Crippen LogP) is 2.81. The van der Waals surface area contributed by atoms with Crippen LogP contribution in [0, 0.1) is 5.21 Å². The molecule has 0 bridgehead atoms. The number of amides is 1. The number of rotatable bonds is 8. The van der Waals surface area contributed by atoms with Crippen molar-refractivity contribution in [3.05, 3.63) is 91.3 Å². The molecule has 0 aliphatic heterocycles. The van der Waals surface area contributed by atoms with Gasteiger partial charge in [-0.1, -0.05) is 39.7 Å². The molecule has 0 saturated heterocycles. The van der Waals surface area contributed by atoms with Crippen LogP contribution in [0.5, 0.6) is 0 Å². The largest absolute Gasteiger partial charge is 0.618 e. The van der Waals surface area contributed by atoms with Crippen LogP contribution in [0.25, 0.3) is 0 Å². The zero-order valence-electron chi connectivity index (χ0n) is 16.4. The number of pyridine rings is 1. The fourth-order valence-corrected chi connectivity index (χ4v) is 3.41. The molecule has 0 aliphatic carbocycles. The van der Waals surface area contributed by atoms with Crippen LogP contribution in [0.2, 0.25) is 5.15 Å². The van der Waals surface area contributed by atoms with Gasteiger partial charge in [0, 0.05) is 23.2 Å². The Morgan fingerprint density at radius 1 is 1.28 bits per heavy atom. The summed E-state index contributed by atoms with van der Waals surface area (Å²) in [7, 11) is 0. The molecule has 0 fully saturated rings. The van der Waals surface area contributed by atoms with E-state index in [-0.39, 0.29) is 16.4 Å². The van der Waals surface area contributed by atoms with E-state index in [0.717, 1.165) is 33.1 Å². The zero-order valence-corrected chi connectivity index (χ0v) is 18.7. The molecule has 168 valence electrons. The Morgan fingerprint density at radius 3 is 2.78 bits per heavy atom. The summed E-state index contributed by atoms with van der Waals surface area (Å²) in [6.45, 7) is -1.27. The van der Waals surface area contributed by atoms with E-state index in [2.05, 4.69) is 31.5 Å². The van der Waals surface area contributed by atoms with Crippen LogP contribution < -0.4 is 20.9 Å². The molecule has 2 aromatic heterocycles. The topological polar surface area (TPSA) is 103 Å². The SMILES string of the molecule is O=C(Cn1c(Cl)cnc(NCC(F)(F)c2cccc[n+]2[O-])c1=O)NCc1cccc(Br)c1. The van der Waals surface area contributed by atoms with Gasteiger partial charge in [-0.25, -0.2) is 4.98 Å². The molecule has 0 atom stereocenters. The highest BCUT2D eigenvalue weighted by Crippen LogP contribution is 2.25. The van der Waals surface area contributed by atoms with Crippen LogP contribution in [0.3, 0.4) is 0 Å². The van der Waals surface area contributed by atoms with Crippen LogP contribution in [-0.4, -0.2) is 22.0 Å². The van der Waals surface area contributed by atoms with Gasteiger partial charge in [0.2, 0.25) is 5.91 Å². The third kappa shape index (κ3) is 5.80. The monoisotopic (exact) mass is 527 g/mol. The van der Waals surface area contributed by atoms with Crippen molar-refractivity contribution in [3.63, 3.8) is 0 Å². The molecular weight excluding hydrogens is 512 g/mol. The van der Waals surface area contributed by atoms with Gasteiger partial charge in [-0.05, 0) is 23.8 Å². The van der Waals surface area contributed by atoms with E-state index in [4.69, 9.17) is 11.6 Å². The van der Waals surface area contributed by atoms with Crippen LogP contribution in [0.4, 0.5) is 14.6 Å². The summed E-state index contributed by atoms with van der Waals surface area (Å²) in [4.78, 5) is 28.6. The van der Waals surface area contributed by atoms with E-state index >= 15 is 0 Å². The fourth-order valence-electron chi connectivity index (χ4n) is 2.78. The van der Waals surface area contributed by atoms with Crippen molar-refractivity contribution < 1.29 is 18.3 Å². The summed E-state index contributed by atoms with van der Waals surface area (Å²) < 4.78 is 30.6. The molecule has 0 radical (unpaired) electrons. The third-order valence-electron chi connectivity index (χ3n) is 4.36. The van der Waals surface area contributed by atoms with E-state index in [1.807, 2.05) is 24.3 Å². The van der Waals surface area contributed by atoms with Gasteiger partial charge >= 0.3 is 5.92 Å². The fraction of sp³-hybridized carbons (Fsp3) is 0.200. The van der Waals surface area contributed by atoms with Gasteiger partial charge < -0.3 is 15.8 Å². The van der Waals surface area contributed by atoms with Gasteiger partial charge in [-0.3, -0.25) is 14.2 Å². The number of anilines is 1. The zero-order chi connectivity index (χ0) is 23.3. The molecule has 8 nitrogen and oxygen atoms in total. The number of hydrogen-bond acceptors (Lipinski definition) is 5. The van der Waals surface area contributed by atoms with Crippen molar-refractivity contribution in [3.8, 4) is 0 Å². The molecule has 32 heavy (non-hydrogen) atoms. The normalized spacial score (nSPS) is 11.2. The maximum Gasteiger partial charge on any atom is 0.347 e. The van der Waals surface area contributed by atoms with Gasteiger partial charge in [0.15, 0.2) is 12.0 Å². The summed E-state index contributed by atoms with van der Waals surface area (Å²) in [5.74, 6) is -4.52. The molecule has 0 spiro atoms. The maximum atomic E-state index is 14.4. The van der Waals surface area contributed by atoms with Crippen LogP contribution in [0.1, 0.15) is 11.3 Å². The molecular formula is C20H17BrClF2N5O3. The maximum absolute atomic E-state index is 14.4. The second-order valence-electron chi connectivity index (χ2n) is 6.70. The predicted molar refractivity (Wildman–Crippen MR) is 117 cm³/mol. The molecule has 0 unspecified atom stereocenters. The Kier molecular flexibility index (Phi) is 7.41. The number of halogens is 4. The highest BCUT2D eigenvalue weighted by molar-refractivity contribution is 9.10. The molecule has 1 aromatic carbocycles. The van der Waals surface area contributed by atoms with Crippen LogP contribution in [0.15, 0.2) is 64.1 Å². The first-order chi connectivity index (χ1) is 15.2. The Hall–Kier alpha value is -3.05. The summed E-state index contributed by atoms with van der Waals surface area (Å²) in [6, 6.07) is 10.9. The molecule has 12 heteroatoms. The number of alkyl halides is 2. The molecule has 3 rings (SSSR count). The lowest BCUT2D eigenvalue weighted by atomic mass is 10.2. The van der Waals surface area contributed by atoms with E-state index in [0.29, 0.717) is 0 Å². The summed E-state index contributed by atoms with van der Waals surface area (Å²) in [5, 5.41) is 16.4. The Balaban J connectivity index is 1.69. The number of hydrogen-bond donors (Lipinski definition) is 2. The molecule has 2 N–H and O–H groups in total. The van der Waals surface area contributed by atoms with E-state index < -0.39 is 42.0 Å². The lowest BCUT2D eigenvalue weighted by molar-refractivity contribution is -0.624.